The standard InChI is InChI=1S/C11H15NS/c1-2-8-9-5-7-13-11(9)4-6-12-10(8)3-1/h5,7-8,10,12H,1-4,6H2. The Kier molecular flexibility index (Phi) is 1.91. The van der Waals surface area contributed by atoms with Gasteiger partial charge in [-0.05, 0) is 36.3 Å². The highest BCUT2D eigenvalue weighted by Crippen LogP contribution is 2.39. The smallest absolute Gasteiger partial charge is 0.0136 e. The third-order valence-corrected chi connectivity index (χ3v) is 4.45. The number of nitrogens with one attached hydrogen (secondary N) is 1. The second kappa shape index (κ2) is 3.10. The van der Waals surface area contributed by atoms with E-state index in [-0.39, 0.29) is 0 Å². The van der Waals surface area contributed by atoms with Crippen LogP contribution in [0.5, 0.6) is 0 Å². The molecule has 1 aliphatic carbocycles. The number of hydrogen-bond acceptors (Lipinski definition) is 2. The Morgan fingerprint density at radius 3 is 3.38 bits per heavy atom. The van der Waals surface area contributed by atoms with Gasteiger partial charge in [0, 0.05) is 23.4 Å². The molecule has 2 atom stereocenters. The lowest BCUT2D eigenvalue weighted by molar-refractivity contribution is 0.499. The molecular weight excluding hydrogens is 178 g/mol. The van der Waals surface area contributed by atoms with E-state index in [1.54, 1.807) is 10.4 Å². The maximum absolute atomic E-state index is 3.68. The molecule has 0 spiro atoms. The van der Waals surface area contributed by atoms with Gasteiger partial charge < -0.3 is 5.32 Å². The van der Waals surface area contributed by atoms with E-state index in [0.717, 1.165) is 12.0 Å². The van der Waals surface area contributed by atoms with Crippen LogP contribution >= 0.6 is 11.3 Å². The minimum atomic E-state index is 0.788. The molecule has 2 unspecified atom stereocenters. The van der Waals surface area contributed by atoms with Crippen LogP contribution in [0.2, 0.25) is 0 Å². The molecule has 70 valence electrons. The van der Waals surface area contributed by atoms with Crippen LogP contribution in [0.15, 0.2) is 11.4 Å². The number of hydrogen-bond donors (Lipinski definition) is 1. The molecule has 0 saturated heterocycles. The molecule has 1 aromatic rings. The second-order valence-corrected chi connectivity index (χ2v) is 5.15. The highest BCUT2D eigenvalue weighted by Gasteiger charge is 2.31. The van der Waals surface area contributed by atoms with Crippen LogP contribution in [0.4, 0.5) is 0 Å². The molecule has 2 aliphatic rings. The first-order valence-corrected chi connectivity index (χ1v) is 6.13. The van der Waals surface area contributed by atoms with Crippen LogP contribution < -0.4 is 5.32 Å². The lowest BCUT2D eigenvalue weighted by Gasteiger charge is -2.17. The Labute approximate surface area is 83.2 Å². The van der Waals surface area contributed by atoms with Gasteiger partial charge in [-0.25, -0.2) is 0 Å². The first kappa shape index (κ1) is 8.01. The van der Waals surface area contributed by atoms with Crippen molar-refractivity contribution < 1.29 is 0 Å². The van der Waals surface area contributed by atoms with Crippen molar-refractivity contribution in [1.29, 1.82) is 0 Å². The summed E-state index contributed by atoms with van der Waals surface area (Å²) in [5.41, 5.74) is 1.66. The molecule has 1 fully saturated rings. The highest BCUT2D eigenvalue weighted by atomic mass is 32.1. The predicted octanol–water partition coefficient (Wildman–Crippen LogP) is 2.53. The van der Waals surface area contributed by atoms with E-state index in [4.69, 9.17) is 0 Å². The lowest BCUT2D eigenvalue weighted by Crippen LogP contribution is -2.30. The molecule has 1 aromatic heterocycles. The average Bonchev–Trinajstić information content (AvgIpc) is 2.72. The summed E-state index contributed by atoms with van der Waals surface area (Å²) in [5.74, 6) is 0.837. The molecular formula is C11H15NS. The Bertz CT molecular complexity index is 305. The van der Waals surface area contributed by atoms with Crippen LogP contribution in [0, 0.1) is 0 Å². The molecule has 2 heterocycles. The molecule has 1 aliphatic heterocycles. The summed E-state index contributed by atoms with van der Waals surface area (Å²) in [6.07, 6.45) is 5.46. The number of rotatable bonds is 0. The molecule has 1 saturated carbocycles. The van der Waals surface area contributed by atoms with Crippen molar-refractivity contribution in [1.82, 2.24) is 5.32 Å². The Hall–Kier alpha value is -0.340. The predicted molar refractivity (Wildman–Crippen MR) is 56.4 cm³/mol. The molecule has 2 heteroatoms. The average molecular weight is 193 g/mol. The van der Waals surface area contributed by atoms with Gasteiger partial charge in [-0.3, -0.25) is 0 Å². The van der Waals surface area contributed by atoms with Crippen LogP contribution in [-0.2, 0) is 6.42 Å². The second-order valence-electron chi connectivity index (χ2n) is 4.15. The molecule has 1 nitrogen and oxygen atoms in total. The van der Waals surface area contributed by atoms with Crippen molar-refractivity contribution in [3.8, 4) is 0 Å². The number of fused-ring (bicyclic) bond motifs is 3. The monoisotopic (exact) mass is 193 g/mol. The van der Waals surface area contributed by atoms with E-state index in [0.29, 0.717) is 0 Å². The summed E-state index contributed by atoms with van der Waals surface area (Å²) in [4.78, 5) is 1.64. The van der Waals surface area contributed by atoms with Gasteiger partial charge in [-0.1, -0.05) is 6.42 Å². The summed E-state index contributed by atoms with van der Waals surface area (Å²) in [5, 5.41) is 5.95. The van der Waals surface area contributed by atoms with Crippen LogP contribution in [0.25, 0.3) is 0 Å². The molecule has 0 aromatic carbocycles. The maximum atomic E-state index is 3.68. The van der Waals surface area contributed by atoms with Crippen LogP contribution in [0.1, 0.15) is 35.6 Å². The summed E-state index contributed by atoms with van der Waals surface area (Å²) in [6.45, 7) is 1.19. The fourth-order valence-electron chi connectivity index (χ4n) is 2.83. The fourth-order valence-corrected chi connectivity index (χ4v) is 3.79. The Morgan fingerprint density at radius 1 is 1.38 bits per heavy atom. The zero-order valence-electron chi connectivity index (χ0n) is 7.75. The minimum absolute atomic E-state index is 0.788. The molecule has 0 bridgehead atoms. The van der Waals surface area contributed by atoms with E-state index in [1.807, 2.05) is 11.3 Å². The van der Waals surface area contributed by atoms with Gasteiger partial charge in [0.2, 0.25) is 0 Å². The van der Waals surface area contributed by atoms with Crippen molar-refractivity contribution >= 4 is 11.3 Å². The van der Waals surface area contributed by atoms with Gasteiger partial charge in [-0.2, -0.15) is 0 Å². The van der Waals surface area contributed by atoms with Gasteiger partial charge in [0.1, 0.15) is 0 Å². The maximum Gasteiger partial charge on any atom is 0.0136 e. The first-order chi connectivity index (χ1) is 6.45. The third-order valence-electron chi connectivity index (χ3n) is 3.45. The van der Waals surface area contributed by atoms with Crippen molar-refractivity contribution in [2.24, 2.45) is 0 Å². The Balaban J connectivity index is 2.02. The van der Waals surface area contributed by atoms with Gasteiger partial charge in [-0.15, -0.1) is 11.3 Å². The fraction of sp³-hybridized carbons (Fsp3) is 0.636. The van der Waals surface area contributed by atoms with Crippen molar-refractivity contribution in [3.63, 3.8) is 0 Å². The zero-order chi connectivity index (χ0) is 8.67. The highest BCUT2D eigenvalue weighted by molar-refractivity contribution is 7.10. The first-order valence-electron chi connectivity index (χ1n) is 5.25. The minimum Gasteiger partial charge on any atom is -0.313 e. The third kappa shape index (κ3) is 1.24. The van der Waals surface area contributed by atoms with E-state index >= 15 is 0 Å². The van der Waals surface area contributed by atoms with Gasteiger partial charge in [0.05, 0.1) is 0 Å². The molecule has 3 rings (SSSR count). The van der Waals surface area contributed by atoms with Crippen molar-refractivity contribution in [2.45, 2.75) is 37.6 Å². The molecule has 0 amide bonds. The van der Waals surface area contributed by atoms with Crippen molar-refractivity contribution in [3.05, 3.63) is 21.9 Å². The zero-order valence-corrected chi connectivity index (χ0v) is 8.57. The van der Waals surface area contributed by atoms with Crippen LogP contribution in [0.3, 0.4) is 0 Å². The SMILES string of the molecule is c1cc2c(s1)CCNC1CCCC21. The van der Waals surface area contributed by atoms with E-state index in [9.17, 15) is 0 Å². The topological polar surface area (TPSA) is 12.0 Å². The summed E-state index contributed by atoms with van der Waals surface area (Å²) in [6, 6.07) is 3.14. The molecule has 0 radical (unpaired) electrons. The van der Waals surface area contributed by atoms with Crippen molar-refractivity contribution in [2.75, 3.05) is 6.54 Å². The normalized spacial score (nSPS) is 32.3. The van der Waals surface area contributed by atoms with E-state index in [2.05, 4.69) is 16.8 Å². The quantitative estimate of drug-likeness (QED) is 0.667. The van der Waals surface area contributed by atoms with Crippen LogP contribution in [-0.4, -0.2) is 12.6 Å². The molecule has 13 heavy (non-hydrogen) atoms. The number of thiophene rings is 1. The van der Waals surface area contributed by atoms with Gasteiger partial charge in [0.15, 0.2) is 0 Å². The summed E-state index contributed by atoms with van der Waals surface area (Å²) < 4.78 is 0. The van der Waals surface area contributed by atoms with Gasteiger partial charge in [0.25, 0.3) is 0 Å². The largest absolute Gasteiger partial charge is 0.313 e. The van der Waals surface area contributed by atoms with Gasteiger partial charge >= 0.3 is 0 Å². The van der Waals surface area contributed by atoms with E-state index < -0.39 is 0 Å². The molecule has 1 N–H and O–H groups in total. The lowest BCUT2D eigenvalue weighted by atomic mass is 9.95. The van der Waals surface area contributed by atoms with E-state index in [1.165, 1.54) is 32.2 Å². The Morgan fingerprint density at radius 2 is 2.38 bits per heavy atom. The summed E-state index contributed by atoms with van der Waals surface area (Å²) >= 11 is 1.95. The summed E-state index contributed by atoms with van der Waals surface area (Å²) in [7, 11) is 0.